The Kier molecular flexibility index (Phi) is 5.67. The number of hydrogen-bond donors (Lipinski definition) is 1. The van der Waals surface area contributed by atoms with Gasteiger partial charge in [0.15, 0.2) is 0 Å². The maximum atomic E-state index is 11.7. The molecule has 7 nitrogen and oxygen atoms in total. The first kappa shape index (κ1) is 15.6. The van der Waals surface area contributed by atoms with E-state index in [4.69, 9.17) is 14.7 Å². The van der Waals surface area contributed by atoms with Gasteiger partial charge in [-0.1, -0.05) is 12.1 Å². The normalized spacial score (nSPS) is 9.90. The lowest BCUT2D eigenvalue weighted by Gasteiger charge is -2.19. The van der Waals surface area contributed by atoms with Crippen LogP contribution in [0, 0.1) is 0 Å². The molecule has 0 atom stereocenters. The van der Waals surface area contributed by atoms with Gasteiger partial charge in [0.05, 0.1) is 27.2 Å². The molecule has 0 aliphatic rings. The van der Waals surface area contributed by atoms with Gasteiger partial charge in [-0.15, -0.1) is 0 Å². The lowest BCUT2D eigenvalue weighted by atomic mass is 10.2. The van der Waals surface area contributed by atoms with Crippen LogP contribution in [-0.2, 0) is 25.8 Å². The molecule has 1 N–H and O–H groups in total. The Bertz CT molecular complexity index is 496. The molecule has 0 aliphatic carbocycles. The number of methoxy groups -OCH3 is 1. The second-order valence-corrected chi connectivity index (χ2v) is 3.87. The molecule has 0 radical (unpaired) electrons. The van der Waals surface area contributed by atoms with Gasteiger partial charge in [0.2, 0.25) is 5.78 Å². The van der Waals surface area contributed by atoms with Crippen molar-refractivity contribution >= 4 is 17.7 Å². The third-order valence-electron chi connectivity index (χ3n) is 2.53. The summed E-state index contributed by atoms with van der Waals surface area (Å²) < 4.78 is 5.01. The number of hydroxylamine groups is 2. The third-order valence-corrected chi connectivity index (χ3v) is 2.53. The van der Waals surface area contributed by atoms with Crippen LogP contribution in [-0.4, -0.2) is 42.0 Å². The SMILES string of the molecule is COc1ccc(CN(OC)C(=O)CC(=O)C(=O)O)cc1. The number of ether oxygens (including phenoxy) is 1. The molecule has 7 heteroatoms. The summed E-state index contributed by atoms with van der Waals surface area (Å²) in [5.74, 6) is -2.86. The Morgan fingerprint density at radius 1 is 1.15 bits per heavy atom. The molecule has 0 aliphatic heterocycles. The van der Waals surface area contributed by atoms with E-state index in [2.05, 4.69) is 0 Å². The van der Waals surface area contributed by atoms with E-state index >= 15 is 0 Å². The van der Waals surface area contributed by atoms with Crippen LogP contribution in [0.4, 0.5) is 0 Å². The highest BCUT2D eigenvalue weighted by Crippen LogP contribution is 2.13. The fraction of sp³-hybridized carbons (Fsp3) is 0.308. The summed E-state index contributed by atoms with van der Waals surface area (Å²) >= 11 is 0. The standard InChI is InChI=1S/C13H15NO6/c1-19-10-5-3-9(4-6-10)8-14(20-2)12(16)7-11(15)13(17)18/h3-6H,7-8H2,1-2H3,(H,17,18). The molecule has 0 aromatic heterocycles. The van der Waals surface area contributed by atoms with Gasteiger partial charge in [0.1, 0.15) is 5.75 Å². The number of carbonyl (C=O) groups excluding carboxylic acids is 2. The number of hydrogen-bond acceptors (Lipinski definition) is 5. The number of Topliss-reactive ketones (excluding diaryl/α,β-unsaturated/α-hetero) is 1. The molecule has 0 spiro atoms. The number of rotatable bonds is 7. The average molecular weight is 281 g/mol. The van der Waals surface area contributed by atoms with E-state index in [1.807, 2.05) is 0 Å². The first-order valence-corrected chi connectivity index (χ1v) is 5.71. The van der Waals surface area contributed by atoms with Crippen LogP contribution in [0.25, 0.3) is 0 Å². The summed E-state index contributed by atoms with van der Waals surface area (Å²) in [7, 11) is 2.81. The Morgan fingerprint density at radius 2 is 1.75 bits per heavy atom. The van der Waals surface area contributed by atoms with Gasteiger partial charge in [-0.25, -0.2) is 9.86 Å². The van der Waals surface area contributed by atoms with Gasteiger partial charge < -0.3 is 9.84 Å². The summed E-state index contributed by atoms with van der Waals surface area (Å²) in [6, 6.07) is 6.90. The number of amides is 1. The number of carboxylic acid groups (broad SMARTS) is 1. The lowest BCUT2D eigenvalue weighted by molar-refractivity contribution is -0.180. The van der Waals surface area contributed by atoms with Gasteiger partial charge in [-0.05, 0) is 17.7 Å². The highest BCUT2D eigenvalue weighted by atomic mass is 16.7. The zero-order valence-corrected chi connectivity index (χ0v) is 11.2. The summed E-state index contributed by atoms with van der Waals surface area (Å²) in [6.45, 7) is 0.103. The van der Waals surface area contributed by atoms with Crippen LogP contribution < -0.4 is 4.74 Å². The molecule has 108 valence electrons. The molecule has 1 aromatic carbocycles. The summed E-state index contributed by atoms with van der Waals surface area (Å²) in [4.78, 5) is 38.0. The lowest BCUT2D eigenvalue weighted by Crippen LogP contribution is -2.32. The van der Waals surface area contributed by atoms with Crippen LogP contribution in [0.15, 0.2) is 24.3 Å². The van der Waals surface area contributed by atoms with Gasteiger partial charge in [0.25, 0.3) is 5.91 Å². The number of carboxylic acids is 1. The molecule has 20 heavy (non-hydrogen) atoms. The van der Waals surface area contributed by atoms with E-state index in [9.17, 15) is 14.4 Å². The minimum Gasteiger partial charge on any atom is -0.497 e. The third kappa shape index (κ3) is 4.36. The summed E-state index contributed by atoms with van der Waals surface area (Å²) in [5, 5.41) is 9.39. The van der Waals surface area contributed by atoms with E-state index in [1.165, 1.54) is 14.2 Å². The zero-order valence-electron chi connectivity index (χ0n) is 11.2. The van der Waals surface area contributed by atoms with Crippen LogP contribution in [0.1, 0.15) is 12.0 Å². The average Bonchev–Trinajstić information content (AvgIpc) is 2.44. The van der Waals surface area contributed by atoms with E-state index in [-0.39, 0.29) is 6.54 Å². The largest absolute Gasteiger partial charge is 0.497 e. The van der Waals surface area contributed by atoms with Crippen molar-refractivity contribution in [3.63, 3.8) is 0 Å². The van der Waals surface area contributed by atoms with Crippen molar-refractivity contribution in [1.29, 1.82) is 0 Å². The molecule has 1 rings (SSSR count). The van der Waals surface area contributed by atoms with Crippen LogP contribution in [0.3, 0.4) is 0 Å². The van der Waals surface area contributed by atoms with Crippen molar-refractivity contribution in [2.75, 3.05) is 14.2 Å². The molecule has 0 bridgehead atoms. The number of benzene rings is 1. The first-order chi connectivity index (χ1) is 9.47. The van der Waals surface area contributed by atoms with E-state index in [0.717, 1.165) is 10.6 Å². The number of carbonyl (C=O) groups is 3. The van der Waals surface area contributed by atoms with Crippen molar-refractivity contribution in [2.45, 2.75) is 13.0 Å². The summed E-state index contributed by atoms with van der Waals surface area (Å²) in [6.07, 6.45) is -0.737. The fourth-order valence-corrected chi connectivity index (χ4v) is 1.45. The summed E-state index contributed by atoms with van der Waals surface area (Å²) in [5.41, 5.74) is 0.753. The molecule has 0 saturated heterocycles. The van der Waals surface area contributed by atoms with E-state index in [0.29, 0.717) is 5.75 Å². The van der Waals surface area contributed by atoms with E-state index in [1.54, 1.807) is 24.3 Å². The van der Waals surface area contributed by atoms with Crippen molar-refractivity contribution in [3.05, 3.63) is 29.8 Å². The molecule has 0 fully saturated rings. The monoisotopic (exact) mass is 281 g/mol. The Labute approximate surface area is 115 Å². The topological polar surface area (TPSA) is 93.1 Å². The molecule has 1 aromatic rings. The molecule has 0 unspecified atom stereocenters. The van der Waals surface area contributed by atoms with Crippen LogP contribution in [0.2, 0.25) is 0 Å². The number of nitrogens with zero attached hydrogens (tertiary/aromatic N) is 1. The smallest absolute Gasteiger partial charge is 0.372 e. The predicted molar refractivity (Wildman–Crippen MR) is 67.8 cm³/mol. The number of ketones is 1. The Balaban J connectivity index is 2.68. The zero-order chi connectivity index (χ0) is 15.1. The quantitative estimate of drug-likeness (QED) is 0.447. The van der Waals surface area contributed by atoms with Gasteiger partial charge in [-0.3, -0.25) is 14.4 Å². The van der Waals surface area contributed by atoms with Crippen LogP contribution >= 0.6 is 0 Å². The molecular weight excluding hydrogens is 266 g/mol. The molecular formula is C13H15NO6. The fourth-order valence-electron chi connectivity index (χ4n) is 1.45. The number of aliphatic carboxylic acids is 1. The maximum absolute atomic E-state index is 11.7. The van der Waals surface area contributed by atoms with Crippen molar-refractivity contribution in [2.24, 2.45) is 0 Å². The van der Waals surface area contributed by atoms with Gasteiger partial charge in [-0.2, -0.15) is 0 Å². The second kappa shape index (κ2) is 7.25. The van der Waals surface area contributed by atoms with Crippen LogP contribution in [0.5, 0.6) is 5.75 Å². The Hall–Kier alpha value is -2.41. The van der Waals surface area contributed by atoms with Gasteiger partial charge in [0, 0.05) is 0 Å². The minimum absolute atomic E-state index is 0.103. The molecule has 1 amide bonds. The Morgan fingerprint density at radius 3 is 2.20 bits per heavy atom. The predicted octanol–water partition coefficient (Wildman–Crippen LogP) is 0.629. The molecule has 0 saturated carbocycles. The van der Waals surface area contributed by atoms with Crippen molar-refractivity contribution < 1.29 is 29.1 Å². The minimum atomic E-state index is -1.64. The first-order valence-electron chi connectivity index (χ1n) is 5.71. The van der Waals surface area contributed by atoms with Gasteiger partial charge >= 0.3 is 5.97 Å². The van der Waals surface area contributed by atoms with Crippen molar-refractivity contribution in [1.82, 2.24) is 5.06 Å². The molecule has 0 heterocycles. The highest BCUT2D eigenvalue weighted by molar-refractivity contribution is 6.36. The highest BCUT2D eigenvalue weighted by Gasteiger charge is 2.21. The van der Waals surface area contributed by atoms with Crippen molar-refractivity contribution in [3.8, 4) is 5.75 Å². The maximum Gasteiger partial charge on any atom is 0.372 e. The second-order valence-electron chi connectivity index (χ2n) is 3.87. The van der Waals surface area contributed by atoms with E-state index < -0.39 is 24.1 Å².